The fraction of sp³-hybridized carbons (Fsp3) is 0.643. The Morgan fingerprint density at radius 3 is 2.68 bits per heavy atom. The van der Waals surface area contributed by atoms with Gasteiger partial charge in [-0.1, -0.05) is 31.1 Å². The van der Waals surface area contributed by atoms with Gasteiger partial charge < -0.3 is 19.0 Å². The smallest absolute Gasteiger partial charge is 0.303 e. The molecule has 0 unspecified atom stereocenters. The van der Waals surface area contributed by atoms with Crippen LogP contribution in [-0.2, 0) is 54.4 Å². The summed E-state index contributed by atoms with van der Waals surface area (Å²) in [5, 5.41) is 4.28. The van der Waals surface area contributed by atoms with Crippen LogP contribution in [0.4, 0.5) is 0 Å². The molecule has 0 aliphatic carbocycles. The molecule has 9 nitrogen and oxygen atoms in total. The highest BCUT2D eigenvalue weighted by Gasteiger charge is 2.30. The Balaban J connectivity index is 1.42. The van der Waals surface area contributed by atoms with Crippen LogP contribution in [0.25, 0.3) is 0 Å². The van der Waals surface area contributed by atoms with Crippen molar-refractivity contribution in [3.8, 4) is 0 Å². The van der Waals surface area contributed by atoms with Crippen LogP contribution >= 0.6 is 0 Å². The maximum atomic E-state index is 11.4. The lowest BCUT2D eigenvalue weighted by atomic mass is 9.99. The summed E-state index contributed by atoms with van der Waals surface area (Å²) in [6.45, 7) is 12.3. The number of esters is 2. The van der Waals surface area contributed by atoms with Crippen LogP contribution in [0, 0.1) is 0 Å². The fourth-order valence-corrected chi connectivity index (χ4v) is 4.62. The van der Waals surface area contributed by atoms with E-state index >= 15 is 0 Å². The van der Waals surface area contributed by atoms with Gasteiger partial charge in [0.25, 0.3) is 0 Å². The van der Waals surface area contributed by atoms with E-state index in [1.165, 1.54) is 36.4 Å². The molecule has 1 aromatic heterocycles. The van der Waals surface area contributed by atoms with Crippen LogP contribution in [0.1, 0.15) is 70.0 Å². The van der Waals surface area contributed by atoms with Crippen LogP contribution in [0.3, 0.4) is 0 Å². The first-order valence-electron chi connectivity index (χ1n) is 13.3. The molecule has 37 heavy (non-hydrogen) atoms. The summed E-state index contributed by atoms with van der Waals surface area (Å²) >= 11 is 0. The minimum atomic E-state index is -0.589. The summed E-state index contributed by atoms with van der Waals surface area (Å²) in [4.78, 5) is 35.5. The molecule has 0 saturated carbocycles. The number of oxime groups is 1. The van der Waals surface area contributed by atoms with Crippen molar-refractivity contribution in [1.29, 1.82) is 0 Å². The average molecular weight is 516 g/mol. The summed E-state index contributed by atoms with van der Waals surface area (Å²) in [6.07, 6.45) is 6.64. The number of aryl methyl sites for hydroxylation is 2. The molecule has 1 aromatic rings. The molecule has 0 fully saturated rings. The molecule has 0 radical (unpaired) electrons. The summed E-state index contributed by atoms with van der Waals surface area (Å²) in [5.74, 6) is -0.828. The lowest BCUT2D eigenvalue weighted by Crippen LogP contribution is -2.41. The van der Waals surface area contributed by atoms with E-state index in [0.717, 1.165) is 51.0 Å². The third-order valence-corrected chi connectivity index (χ3v) is 6.62. The summed E-state index contributed by atoms with van der Waals surface area (Å²) < 4.78 is 16.3. The first-order valence-corrected chi connectivity index (χ1v) is 13.3. The zero-order chi connectivity index (χ0) is 26.8. The molecular weight excluding hydrogens is 474 g/mol. The Bertz CT molecular complexity index is 992. The van der Waals surface area contributed by atoms with Crippen LogP contribution in [0.2, 0.25) is 0 Å². The van der Waals surface area contributed by atoms with Gasteiger partial charge in [0.05, 0.1) is 11.8 Å². The molecule has 0 N–H and O–H groups in total. The number of hydrogen-bond acceptors (Lipinski definition) is 9. The molecule has 0 saturated heterocycles. The second-order valence-corrected chi connectivity index (χ2v) is 9.61. The molecule has 9 heteroatoms. The van der Waals surface area contributed by atoms with Gasteiger partial charge in [-0.15, -0.1) is 0 Å². The van der Waals surface area contributed by atoms with Crippen molar-refractivity contribution in [2.24, 2.45) is 5.16 Å². The molecule has 2 aliphatic rings. The maximum absolute atomic E-state index is 11.4. The zero-order valence-electron chi connectivity index (χ0n) is 22.8. The average Bonchev–Trinajstić information content (AvgIpc) is 2.88. The third kappa shape index (κ3) is 8.93. The minimum Gasteiger partial charge on any atom is -0.463 e. The number of nitrogens with zero attached hydrogens (tertiary/aromatic N) is 3. The number of pyridine rings is 1. The molecule has 0 amide bonds. The number of ether oxygens (including phenoxy) is 3. The van der Waals surface area contributed by atoms with E-state index in [0.29, 0.717) is 13.0 Å². The van der Waals surface area contributed by atoms with Crippen LogP contribution in [0.5, 0.6) is 0 Å². The highest BCUT2D eigenvalue weighted by atomic mass is 16.6. The Morgan fingerprint density at radius 2 is 1.97 bits per heavy atom. The van der Waals surface area contributed by atoms with E-state index in [1.54, 1.807) is 6.08 Å². The summed E-state index contributed by atoms with van der Waals surface area (Å²) in [6, 6.07) is 2.35. The van der Waals surface area contributed by atoms with E-state index in [1.807, 2.05) is 13.0 Å². The van der Waals surface area contributed by atoms with Crippen molar-refractivity contribution >= 4 is 17.7 Å². The molecule has 3 heterocycles. The fourth-order valence-electron chi connectivity index (χ4n) is 4.62. The Morgan fingerprint density at radius 1 is 1.16 bits per heavy atom. The number of hydrogen-bond donors (Lipinski definition) is 0. The zero-order valence-corrected chi connectivity index (χ0v) is 22.8. The molecule has 2 aliphatic heterocycles. The summed E-state index contributed by atoms with van der Waals surface area (Å²) in [5.41, 5.74) is 6.17. The molecule has 3 rings (SSSR count). The highest BCUT2D eigenvalue weighted by molar-refractivity contribution is 5.81. The van der Waals surface area contributed by atoms with Gasteiger partial charge in [0.15, 0.2) is 0 Å². The quantitative estimate of drug-likeness (QED) is 0.137. The number of aromatic nitrogens is 1. The van der Waals surface area contributed by atoms with Crippen molar-refractivity contribution in [2.75, 3.05) is 26.3 Å². The van der Waals surface area contributed by atoms with Gasteiger partial charge in [-0.2, -0.15) is 0 Å². The van der Waals surface area contributed by atoms with Gasteiger partial charge in [-0.3, -0.25) is 19.5 Å². The molecule has 204 valence electrons. The van der Waals surface area contributed by atoms with Gasteiger partial charge in [-0.05, 0) is 37.0 Å². The molecule has 0 bridgehead atoms. The second kappa shape index (κ2) is 14.2. The Labute approximate surface area is 220 Å². The standard InChI is InChI=1S/C28H41N3O6/c1-6-22-16-23-17-31(14-11-26(23)29-25(22)7-2)13-10-19(3)30-35-15-12-24-8-9-27(36-21(5)33)28(37-24)18-34-20(4)32/h8-9,16,24,27-28H,6-7,10-15,17-18H2,1-5H3/b30-19+/t24-,27-,28+/m0/s1. The van der Waals surface area contributed by atoms with Gasteiger partial charge >= 0.3 is 11.9 Å². The van der Waals surface area contributed by atoms with Crippen molar-refractivity contribution in [3.05, 3.63) is 40.7 Å². The predicted octanol–water partition coefficient (Wildman–Crippen LogP) is 3.56. The lowest BCUT2D eigenvalue weighted by Gasteiger charge is -2.31. The Kier molecular flexibility index (Phi) is 11.1. The predicted molar refractivity (Wildman–Crippen MR) is 140 cm³/mol. The van der Waals surface area contributed by atoms with Crippen LogP contribution in [-0.4, -0.2) is 72.1 Å². The molecule has 0 aromatic carbocycles. The maximum Gasteiger partial charge on any atom is 0.303 e. The largest absolute Gasteiger partial charge is 0.463 e. The molecular formula is C28H41N3O6. The first-order chi connectivity index (χ1) is 17.8. The summed E-state index contributed by atoms with van der Waals surface area (Å²) in [7, 11) is 0. The minimum absolute atomic E-state index is 0.0167. The monoisotopic (exact) mass is 515 g/mol. The highest BCUT2D eigenvalue weighted by Crippen LogP contribution is 2.22. The topological polar surface area (TPSA) is 99.6 Å². The first kappa shape index (κ1) is 28.8. The van der Waals surface area contributed by atoms with Gasteiger partial charge in [-0.25, -0.2) is 0 Å². The van der Waals surface area contributed by atoms with Crippen LogP contribution in [0.15, 0.2) is 23.4 Å². The SMILES string of the molecule is CCc1cc2c(nc1CC)CCN(CC/C(C)=N/OCC[C@@H]1C=C[C@H](OC(C)=O)[C@@H](COC(C)=O)O1)C2. The number of rotatable bonds is 12. The van der Waals surface area contributed by atoms with Crippen molar-refractivity contribution in [1.82, 2.24) is 9.88 Å². The van der Waals surface area contributed by atoms with Crippen molar-refractivity contribution in [2.45, 2.75) is 91.6 Å². The van der Waals surface area contributed by atoms with E-state index < -0.39 is 24.1 Å². The van der Waals surface area contributed by atoms with E-state index in [4.69, 9.17) is 24.0 Å². The lowest BCUT2D eigenvalue weighted by molar-refractivity contribution is -0.164. The number of carbonyl (C=O) groups is 2. The normalized spacial score (nSPS) is 21.9. The van der Waals surface area contributed by atoms with Gasteiger partial charge in [0, 0.05) is 64.1 Å². The van der Waals surface area contributed by atoms with E-state index in [2.05, 4.69) is 30.0 Å². The number of fused-ring (bicyclic) bond motifs is 1. The van der Waals surface area contributed by atoms with E-state index in [-0.39, 0.29) is 12.7 Å². The van der Waals surface area contributed by atoms with Crippen molar-refractivity contribution < 1.29 is 28.6 Å². The second-order valence-electron chi connectivity index (χ2n) is 9.61. The van der Waals surface area contributed by atoms with Gasteiger partial charge in [0.2, 0.25) is 0 Å². The third-order valence-electron chi connectivity index (χ3n) is 6.62. The van der Waals surface area contributed by atoms with Crippen LogP contribution < -0.4 is 0 Å². The van der Waals surface area contributed by atoms with Gasteiger partial charge in [0.1, 0.15) is 25.4 Å². The van der Waals surface area contributed by atoms with E-state index in [9.17, 15) is 9.59 Å². The Hall–Kier alpha value is -2.78. The molecule has 0 spiro atoms. The molecule has 3 atom stereocenters. The van der Waals surface area contributed by atoms with Crippen molar-refractivity contribution in [3.63, 3.8) is 0 Å². The number of carbonyl (C=O) groups excluding carboxylic acids is 2.